The van der Waals surface area contributed by atoms with Gasteiger partial charge in [-0.05, 0) is 55.8 Å². The van der Waals surface area contributed by atoms with Crippen molar-refractivity contribution in [2.75, 3.05) is 40.5 Å². The van der Waals surface area contributed by atoms with Gasteiger partial charge in [-0.25, -0.2) is 0 Å². The van der Waals surface area contributed by atoms with Gasteiger partial charge in [0.05, 0.1) is 26.3 Å². The molecule has 0 aliphatic rings. The fraction of sp³-hybridized carbons (Fsp3) is 0.370. The molecule has 2 aromatic carbocycles. The van der Waals surface area contributed by atoms with Crippen LogP contribution in [0.4, 0.5) is 0 Å². The van der Waals surface area contributed by atoms with Crippen molar-refractivity contribution in [2.24, 2.45) is 0 Å². The second-order valence-corrected chi connectivity index (χ2v) is 7.81. The summed E-state index contributed by atoms with van der Waals surface area (Å²) in [5.74, 6) is 8.27. The third-order valence-electron chi connectivity index (χ3n) is 5.33. The van der Waals surface area contributed by atoms with E-state index >= 15 is 0 Å². The van der Waals surface area contributed by atoms with Crippen molar-refractivity contribution in [2.45, 2.75) is 25.9 Å². The molecule has 1 heterocycles. The minimum Gasteiger partial charge on any atom is -0.493 e. The number of aromatic amines is 1. The Morgan fingerprint density at radius 3 is 2.54 bits per heavy atom. The van der Waals surface area contributed by atoms with Crippen LogP contribution in [0.3, 0.4) is 0 Å². The smallest absolute Gasteiger partial charge is 0.248 e. The number of aliphatic hydroxyl groups excluding tert-OH is 1. The number of aromatic nitrogens is 1. The van der Waals surface area contributed by atoms with Gasteiger partial charge in [0.25, 0.3) is 0 Å². The molecule has 0 aliphatic heterocycles. The number of aliphatic hydroxyl groups is 1. The molecule has 0 aliphatic carbocycles. The van der Waals surface area contributed by atoms with Crippen molar-refractivity contribution in [3.05, 3.63) is 58.4 Å². The SMILES string of the molecule is CC#CCCOc1ccc(OCC(O)CNCCc2ccc(OC)c(OC)c2)c2ccc(=O)[nH]c12. The maximum absolute atomic E-state index is 11.9. The molecule has 1 aromatic heterocycles. The number of hydrogen-bond acceptors (Lipinski definition) is 7. The molecule has 1 atom stereocenters. The first-order chi connectivity index (χ1) is 17.0. The van der Waals surface area contributed by atoms with Crippen LogP contribution in [-0.4, -0.2) is 56.7 Å². The molecule has 0 saturated carbocycles. The number of nitrogens with one attached hydrogen (secondary N) is 2. The van der Waals surface area contributed by atoms with E-state index in [1.165, 1.54) is 6.07 Å². The average Bonchev–Trinajstić information content (AvgIpc) is 2.88. The number of rotatable bonds is 13. The van der Waals surface area contributed by atoms with Crippen LogP contribution in [0, 0.1) is 11.8 Å². The summed E-state index contributed by atoms with van der Waals surface area (Å²) in [6.07, 6.45) is 0.664. The maximum atomic E-state index is 11.9. The molecule has 8 heteroatoms. The molecule has 0 amide bonds. The fourth-order valence-electron chi connectivity index (χ4n) is 3.56. The molecule has 186 valence electrons. The second kappa shape index (κ2) is 13.3. The summed E-state index contributed by atoms with van der Waals surface area (Å²) in [7, 11) is 3.22. The molecule has 3 aromatic rings. The summed E-state index contributed by atoms with van der Waals surface area (Å²) in [6.45, 7) is 3.36. The molecule has 3 N–H and O–H groups in total. The van der Waals surface area contributed by atoms with E-state index in [1.54, 1.807) is 39.3 Å². The van der Waals surface area contributed by atoms with Gasteiger partial charge in [0.1, 0.15) is 24.2 Å². The highest BCUT2D eigenvalue weighted by Crippen LogP contribution is 2.31. The Morgan fingerprint density at radius 2 is 1.77 bits per heavy atom. The minimum absolute atomic E-state index is 0.101. The van der Waals surface area contributed by atoms with E-state index in [1.807, 2.05) is 18.2 Å². The van der Waals surface area contributed by atoms with Crippen molar-refractivity contribution < 1.29 is 24.1 Å². The van der Waals surface area contributed by atoms with Crippen LogP contribution < -0.4 is 29.8 Å². The van der Waals surface area contributed by atoms with Gasteiger partial charge in [0.2, 0.25) is 5.56 Å². The Bertz CT molecular complexity index is 1230. The molecule has 35 heavy (non-hydrogen) atoms. The molecular formula is C27H32N2O6. The normalized spacial score (nSPS) is 11.4. The fourth-order valence-corrected chi connectivity index (χ4v) is 3.56. The first-order valence-corrected chi connectivity index (χ1v) is 11.5. The maximum Gasteiger partial charge on any atom is 0.248 e. The number of ether oxygens (including phenoxy) is 4. The predicted octanol–water partition coefficient (Wildman–Crippen LogP) is 2.91. The number of fused-ring (bicyclic) bond motifs is 1. The van der Waals surface area contributed by atoms with Crippen molar-refractivity contribution in [1.82, 2.24) is 10.3 Å². The predicted molar refractivity (Wildman–Crippen MR) is 136 cm³/mol. The highest BCUT2D eigenvalue weighted by molar-refractivity contribution is 5.89. The number of methoxy groups -OCH3 is 2. The van der Waals surface area contributed by atoms with Crippen LogP contribution in [0.15, 0.2) is 47.3 Å². The van der Waals surface area contributed by atoms with Gasteiger partial charge in [-0.2, -0.15) is 0 Å². The molecule has 0 saturated heterocycles. The lowest BCUT2D eigenvalue weighted by atomic mass is 10.1. The molecule has 0 spiro atoms. The van der Waals surface area contributed by atoms with Crippen LogP contribution in [0.2, 0.25) is 0 Å². The third-order valence-corrected chi connectivity index (χ3v) is 5.33. The van der Waals surface area contributed by atoms with Crippen molar-refractivity contribution >= 4 is 10.9 Å². The molecule has 0 fully saturated rings. The lowest BCUT2D eigenvalue weighted by Crippen LogP contribution is -2.32. The van der Waals surface area contributed by atoms with Gasteiger partial charge < -0.3 is 34.4 Å². The van der Waals surface area contributed by atoms with Crippen LogP contribution in [-0.2, 0) is 6.42 Å². The summed E-state index contributed by atoms with van der Waals surface area (Å²) in [5, 5.41) is 14.3. The summed E-state index contributed by atoms with van der Waals surface area (Å²) in [4.78, 5) is 14.7. The largest absolute Gasteiger partial charge is 0.493 e. The molecule has 8 nitrogen and oxygen atoms in total. The lowest BCUT2D eigenvalue weighted by molar-refractivity contribution is 0.107. The zero-order valence-electron chi connectivity index (χ0n) is 20.3. The monoisotopic (exact) mass is 480 g/mol. The van der Waals surface area contributed by atoms with Crippen molar-refractivity contribution in [1.29, 1.82) is 0 Å². The topological polar surface area (TPSA) is 102 Å². The van der Waals surface area contributed by atoms with Gasteiger partial charge in [-0.15, -0.1) is 11.8 Å². The summed E-state index contributed by atoms with van der Waals surface area (Å²) in [6, 6.07) is 12.5. The molecule has 1 unspecified atom stereocenters. The Morgan fingerprint density at radius 1 is 1.00 bits per heavy atom. The number of pyridine rings is 1. The lowest BCUT2D eigenvalue weighted by Gasteiger charge is -2.16. The molecule has 0 radical (unpaired) electrons. The van der Waals surface area contributed by atoms with Gasteiger partial charge in [-0.3, -0.25) is 4.79 Å². The number of hydrogen-bond donors (Lipinski definition) is 3. The van der Waals surface area contributed by atoms with E-state index in [-0.39, 0.29) is 12.2 Å². The van der Waals surface area contributed by atoms with Gasteiger partial charge in [0.15, 0.2) is 11.5 Å². The molecular weight excluding hydrogens is 448 g/mol. The Kier molecular flexibility index (Phi) is 9.84. The molecule has 0 bridgehead atoms. The summed E-state index contributed by atoms with van der Waals surface area (Å²) >= 11 is 0. The van der Waals surface area contributed by atoms with Crippen LogP contribution in [0.5, 0.6) is 23.0 Å². The standard InChI is InChI=1S/C27H32N2O6/c1-4-5-6-15-34-24-11-10-22(21-8-12-26(31)29-27(21)24)35-18-20(30)17-28-14-13-19-7-9-23(32-2)25(16-19)33-3/h7-12,16,20,28,30H,6,13-15,17-18H2,1-3H3,(H,29,31). The Balaban J connectivity index is 1.52. The Labute approximate surface area is 205 Å². The van der Waals surface area contributed by atoms with Gasteiger partial charge >= 0.3 is 0 Å². The van der Waals surface area contributed by atoms with Crippen LogP contribution >= 0.6 is 0 Å². The zero-order chi connectivity index (χ0) is 25.0. The minimum atomic E-state index is -0.707. The van der Waals surface area contributed by atoms with Gasteiger partial charge in [0, 0.05) is 24.4 Å². The van der Waals surface area contributed by atoms with Crippen LogP contribution in [0.25, 0.3) is 10.9 Å². The van der Waals surface area contributed by atoms with E-state index in [0.29, 0.717) is 60.0 Å². The van der Waals surface area contributed by atoms with Crippen molar-refractivity contribution in [3.8, 4) is 34.8 Å². The van der Waals surface area contributed by atoms with E-state index in [9.17, 15) is 9.90 Å². The average molecular weight is 481 g/mol. The number of H-pyrrole nitrogens is 1. The van der Waals surface area contributed by atoms with E-state index in [4.69, 9.17) is 18.9 Å². The first-order valence-electron chi connectivity index (χ1n) is 11.5. The highest BCUT2D eigenvalue weighted by atomic mass is 16.5. The first kappa shape index (κ1) is 25.9. The van der Waals surface area contributed by atoms with Gasteiger partial charge in [-0.1, -0.05) is 6.07 Å². The quantitative estimate of drug-likeness (QED) is 0.255. The van der Waals surface area contributed by atoms with E-state index in [0.717, 1.165) is 12.0 Å². The van der Waals surface area contributed by atoms with E-state index < -0.39 is 6.10 Å². The number of benzene rings is 2. The van der Waals surface area contributed by atoms with Crippen molar-refractivity contribution in [3.63, 3.8) is 0 Å². The Hall–Kier alpha value is -3.67. The van der Waals surface area contributed by atoms with Crippen LogP contribution in [0.1, 0.15) is 18.9 Å². The second-order valence-electron chi connectivity index (χ2n) is 7.81. The molecule has 3 rings (SSSR count). The third kappa shape index (κ3) is 7.41. The summed E-state index contributed by atoms with van der Waals surface area (Å²) < 4.78 is 22.2. The highest BCUT2D eigenvalue weighted by Gasteiger charge is 2.12. The van der Waals surface area contributed by atoms with E-state index in [2.05, 4.69) is 22.1 Å². The summed E-state index contributed by atoms with van der Waals surface area (Å²) in [5.41, 5.74) is 1.43. The zero-order valence-corrected chi connectivity index (χ0v) is 20.3.